The molecule has 1 atom stereocenters. The van der Waals surface area contributed by atoms with Crippen molar-refractivity contribution in [3.63, 3.8) is 0 Å². The van der Waals surface area contributed by atoms with Crippen LogP contribution in [0.15, 0.2) is 57.1 Å². The molecule has 2 N–H and O–H groups in total. The minimum atomic E-state index is -2.50. The Kier molecular flexibility index (Phi) is 11.7. The maximum Gasteiger partial charge on any atom is 0.300 e. The molecule has 11 heteroatoms. The highest BCUT2D eigenvalue weighted by atomic mass is 35.5. The van der Waals surface area contributed by atoms with Crippen molar-refractivity contribution < 1.29 is 23.6 Å². The largest absolute Gasteiger partial charge is 0.494 e. The fourth-order valence-electron chi connectivity index (χ4n) is 4.94. The van der Waals surface area contributed by atoms with E-state index in [0.717, 1.165) is 29.5 Å². The van der Waals surface area contributed by atoms with Crippen molar-refractivity contribution in [3.8, 4) is 23.3 Å². The number of rotatable bonds is 9. The fraction of sp³-hybridized carbons (Fsp3) is 0.424. The van der Waals surface area contributed by atoms with Crippen LogP contribution in [0.5, 0.6) is 11.5 Å². The van der Waals surface area contributed by atoms with Gasteiger partial charge in [-0.05, 0) is 76.0 Å². The number of hydrogen-bond acceptors (Lipinski definition) is 7. The molecule has 2 aromatic rings. The van der Waals surface area contributed by atoms with E-state index in [4.69, 9.17) is 30.8 Å². The smallest absolute Gasteiger partial charge is 0.300 e. The maximum atomic E-state index is 12.9. The molecule has 1 unspecified atom stereocenters. The number of anilines is 2. The average Bonchev–Trinajstić information content (AvgIpc) is 3.00. The van der Waals surface area contributed by atoms with Crippen LogP contribution in [0.25, 0.3) is 0 Å². The molecule has 234 valence electrons. The summed E-state index contributed by atoms with van der Waals surface area (Å²) in [7, 11) is -0.941. The molecule has 2 aliphatic rings. The van der Waals surface area contributed by atoms with Gasteiger partial charge < -0.3 is 29.4 Å². The van der Waals surface area contributed by atoms with Gasteiger partial charge in [0.25, 0.3) is 5.91 Å². The number of nitrogens with zero attached hydrogens (tertiary/aromatic N) is 2. The average molecular weight is 639 g/mol. The van der Waals surface area contributed by atoms with Gasteiger partial charge in [-0.15, -0.1) is 0 Å². The first-order chi connectivity index (χ1) is 21.1. The van der Waals surface area contributed by atoms with Gasteiger partial charge in [0.2, 0.25) is 0 Å². The van der Waals surface area contributed by atoms with Crippen LogP contribution in [-0.4, -0.2) is 58.2 Å². The van der Waals surface area contributed by atoms with E-state index >= 15 is 0 Å². The van der Waals surface area contributed by atoms with Crippen LogP contribution >= 0.6 is 18.7 Å². The number of ether oxygens (including phenoxy) is 3. The molecule has 2 heterocycles. The van der Waals surface area contributed by atoms with Gasteiger partial charge in [-0.3, -0.25) is 4.79 Å². The quantitative estimate of drug-likeness (QED) is 0.231. The first kappa shape index (κ1) is 33.3. The van der Waals surface area contributed by atoms with Gasteiger partial charge in [-0.2, -0.15) is 0 Å². The number of carbonyl (C=O) groups excluding carboxylic acids is 1. The van der Waals surface area contributed by atoms with Gasteiger partial charge in [-0.1, -0.05) is 36.6 Å². The maximum absolute atomic E-state index is 12.9. The lowest BCUT2D eigenvalue weighted by Crippen LogP contribution is -2.22. The molecule has 1 amide bonds. The lowest BCUT2D eigenvalue weighted by atomic mass is 10.0. The van der Waals surface area contributed by atoms with Crippen LogP contribution in [0.2, 0.25) is 0 Å². The predicted octanol–water partition coefficient (Wildman–Crippen LogP) is 6.80. The molecule has 0 spiro atoms. The van der Waals surface area contributed by atoms with E-state index in [-0.39, 0.29) is 5.92 Å². The molecule has 0 radical (unpaired) electrons. The van der Waals surface area contributed by atoms with E-state index in [1.54, 1.807) is 45.7 Å². The summed E-state index contributed by atoms with van der Waals surface area (Å²) < 4.78 is 30.2. The number of benzene rings is 2. The molecule has 2 aromatic carbocycles. The van der Waals surface area contributed by atoms with Crippen molar-refractivity contribution in [1.82, 2.24) is 0 Å². The summed E-state index contributed by atoms with van der Waals surface area (Å²) in [5, 5.41) is 7.45. The van der Waals surface area contributed by atoms with Crippen LogP contribution in [0.3, 0.4) is 0 Å². The number of para-hydroxylation sites is 1. The minimum Gasteiger partial charge on any atom is -0.494 e. The third-order valence-electron chi connectivity index (χ3n) is 7.45. The van der Waals surface area contributed by atoms with E-state index in [0.29, 0.717) is 72.3 Å². The lowest BCUT2D eigenvalue weighted by molar-refractivity contribution is -0.111. The molecule has 4 rings (SSSR count). The monoisotopic (exact) mass is 638 g/mol. The first-order valence-electron chi connectivity index (χ1n) is 14.7. The molecule has 0 saturated carbocycles. The van der Waals surface area contributed by atoms with Gasteiger partial charge in [0, 0.05) is 48.1 Å². The number of carbonyl (C=O) groups is 1. The fourth-order valence-corrected chi connectivity index (χ4v) is 6.29. The van der Waals surface area contributed by atoms with Gasteiger partial charge in [0.15, 0.2) is 0 Å². The summed E-state index contributed by atoms with van der Waals surface area (Å²) in [6.07, 6.45) is 4.75. The number of nitrogens with one attached hydrogen (secondary N) is 2. The molecule has 0 aliphatic carbocycles. The Labute approximate surface area is 264 Å². The Morgan fingerprint density at radius 2 is 1.91 bits per heavy atom. The van der Waals surface area contributed by atoms with Crippen molar-refractivity contribution >= 4 is 59.1 Å². The zero-order valence-electron chi connectivity index (χ0n) is 25.9. The van der Waals surface area contributed by atoms with Crippen LogP contribution in [0.4, 0.5) is 17.1 Å². The molecular formula is C33H40ClN4O5P. The van der Waals surface area contributed by atoms with E-state index in [1.807, 2.05) is 31.2 Å². The highest BCUT2D eigenvalue weighted by molar-refractivity contribution is 7.70. The Morgan fingerprint density at radius 1 is 1.16 bits per heavy atom. The van der Waals surface area contributed by atoms with Gasteiger partial charge in [0.05, 0.1) is 24.4 Å². The summed E-state index contributed by atoms with van der Waals surface area (Å²) in [6.45, 7) is 9.07. The molecule has 0 bridgehead atoms. The number of halogens is 1. The summed E-state index contributed by atoms with van der Waals surface area (Å²) >= 11 is 6.72. The van der Waals surface area contributed by atoms with E-state index in [9.17, 15) is 9.36 Å². The minimum absolute atomic E-state index is 0.0373. The second-order valence-corrected chi connectivity index (χ2v) is 14.8. The number of amides is 1. The normalized spacial score (nSPS) is 18.6. The summed E-state index contributed by atoms with van der Waals surface area (Å²) in [5.41, 5.74) is 2.50. The van der Waals surface area contributed by atoms with Crippen molar-refractivity contribution in [3.05, 3.63) is 47.1 Å². The second-order valence-electron chi connectivity index (χ2n) is 11.2. The van der Waals surface area contributed by atoms with E-state index in [2.05, 4.69) is 27.5 Å². The highest BCUT2D eigenvalue weighted by Crippen LogP contribution is 2.40. The van der Waals surface area contributed by atoms with Crippen molar-refractivity contribution in [2.45, 2.75) is 39.5 Å². The van der Waals surface area contributed by atoms with Crippen LogP contribution in [0, 0.1) is 23.7 Å². The predicted molar refractivity (Wildman–Crippen MR) is 180 cm³/mol. The molecule has 9 nitrogen and oxygen atoms in total. The first-order valence-corrected chi connectivity index (χ1v) is 17.7. The number of methoxy groups -OCH3 is 1. The standard InChI is InChI=1S/C33H40ClN4O5P/c1-6-9-32(39)37-28-18-27(29(41-3)19-30(28)43-21-23-14-16-42-17-15-23)38-33-22(2)12-13-25(24(34)20-35-33)36-26-10-7-8-11-31(26)44(4,5)40/h7-8,10-11,18-20,22-23,36H,12-17,21H2,1-5H3,(H,37,39). The molecular weight excluding hydrogens is 599 g/mol. The second kappa shape index (κ2) is 15.4. The Morgan fingerprint density at radius 3 is 2.61 bits per heavy atom. The number of hydrogen-bond donors (Lipinski definition) is 2. The molecule has 0 aromatic heterocycles. The van der Waals surface area contributed by atoms with Gasteiger partial charge in [0.1, 0.15) is 30.2 Å². The zero-order valence-corrected chi connectivity index (χ0v) is 27.6. The molecule has 2 aliphatic heterocycles. The lowest BCUT2D eigenvalue weighted by Gasteiger charge is -2.23. The molecule has 1 fully saturated rings. The van der Waals surface area contributed by atoms with Crippen molar-refractivity contribution in [2.24, 2.45) is 21.8 Å². The third kappa shape index (κ3) is 8.98. The number of allylic oxidation sites excluding steroid dienone is 2. The van der Waals surface area contributed by atoms with Gasteiger partial charge in [-0.25, -0.2) is 9.98 Å². The van der Waals surface area contributed by atoms with Crippen molar-refractivity contribution in [1.29, 1.82) is 0 Å². The van der Waals surface area contributed by atoms with Crippen molar-refractivity contribution in [2.75, 3.05) is 50.9 Å². The van der Waals surface area contributed by atoms with E-state index in [1.165, 1.54) is 0 Å². The highest BCUT2D eigenvalue weighted by Gasteiger charge is 2.22. The molecule has 44 heavy (non-hydrogen) atoms. The van der Waals surface area contributed by atoms with E-state index < -0.39 is 13.0 Å². The van der Waals surface area contributed by atoms with Crippen LogP contribution in [0.1, 0.15) is 39.5 Å². The topological polar surface area (TPSA) is 111 Å². The van der Waals surface area contributed by atoms with Crippen LogP contribution in [-0.2, 0) is 14.1 Å². The summed E-state index contributed by atoms with van der Waals surface area (Å²) in [4.78, 5) is 22.0. The SMILES string of the molecule is CC#CC(=O)Nc1cc(N=C2N=CC(Cl)=C(Nc3ccccc3P(C)(C)=O)CCC2C)c(OC)cc1OCC1CCOCC1. The summed E-state index contributed by atoms with van der Waals surface area (Å²) in [6, 6.07) is 11.0. The Bertz CT molecular complexity index is 1560. The third-order valence-corrected chi connectivity index (χ3v) is 9.33. The number of aliphatic imine (C=N–C) groups is 2. The summed E-state index contributed by atoms with van der Waals surface area (Å²) in [5.74, 6) is 6.52. The number of amidine groups is 1. The Balaban J connectivity index is 1.65. The van der Waals surface area contributed by atoms with Gasteiger partial charge >= 0.3 is 0 Å². The zero-order chi connectivity index (χ0) is 31.7. The molecule has 1 saturated heterocycles. The van der Waals surface area contributed by atoms with Crippen LogP contribution < -0.4 is 25.4 Å². The Hall–Kier alpha value is -3.57.